The van der Waals surface area contributed by atoms with Crippen LogP contribution in [0.2, 0.25) is 0 Å². The minimum absolute atomic E-state index is 0.0393. The lowest BCUT2D eigenvalue weighted by atomic mass is 10.1. The fourth-order valence-corrected chi connectivity index (χ4v) is 3.75. The molecular weight excluding hydrogens is 406 g/mol. The second kappa shape index (κ2) is 9.07. The largest absolute Gasteiger partial charge is 0.484 e. The Morgan fingerprint density at radius 1 is 1.06 bits per heavy atom. The highest BCUT2D eigenvalue weighted by atomic mass is 16.5. The van der Waals surface area contributed by atoms with Gasteiger partial charge in [-0.05, 0) is 48.5 Å². The quantitative estimate of drug-likeness (QED) is 0.507. The first-order valence-electron chi connectivity index (χ1n) is 10.5. The van der Waals surface area contributed by atoms with Crippen molar-refractivity contribution in [2.45, 2.75) is 6.04 Å². The summed E-state index contributed by atoms with van der Waals surface area (Å²) in [6.45, 7) is 1.76. The summed E-state index contributed by atoms with van der Waals surface area (Å²) in [6, 6.07) is 20.9. The topological polar surface area (TPSA) is 85.4 Å². The number of para-hydroxylation sites is 1. The number of amides is 1. The smallest absolute Gasteiger partial charge is 0.261 e. The van der Waals surface area contributed by atoms with Crippen LogP contribution in [0.3, 0.4) is 0 Å². The summed E-state index contributed by atoms with van der Waals surface area (Å²) < 4.78 is 13.2. The zero-order chi connectivity index (χ0) is 21.8. The molecule has 1 unspecified atom stereocenters. The average Bonchev–Trinajstić information content (AvgIpc) is 3.56. The van der Waals surface area contributed by atoms with Crippen molar-refractivity contribution >= 4 is 5.91 Å². The van der Waals surface area contributed by atoms with Gasteiger partial charge in [0.05, 0.1) is 0 Å². The molecule has 2 aromatic carbocycles. The highest BCUT2D eigenvalue weighted by Gasteiger charge is 2.32. The Morgan fingerprint density at radius 3 is 2.62 bits per heavy atom. The van der Waals surface area contributed by atoms with Crippen LogP contribution in [0.15, 0.2) is 83.6 Å². The zero-order valence-corrected chi connectivity index (χ0v) is 17.4. The molecule has 1 aliphatic rings. The van der Waals surface area contributed by atoms with Crippen LogP contribution in [0.4, 0.5) is 0 Å². The van der Waals surface area contributed by atoms with Crippen LogP contribution in [0.5, 0.6) is 5.75 Å². The number of carbonyl (C=O) groups is 1. The Hall–Kier alpha value is -3.91. The lowest BCUT2D eigenvalue weighted by Crippen LogP contribution is -2.50. The Balaban J connectivity index is 1.29. The van der Waals surface area contributed by atoms with Gasteiger partial charge in [0, 0.05) is 43.3 Å². The predicted octanol–water partition coefficient (Wildman–Crippen LogP) is 3.08. The van der Waals surface area contributed by atoms with Gasteiger partial charge in [-0.25, -0.2) is 0 Å². The number of carbonyl (C=O) groups excluding carboxylic acids is 1. The van der Waals surface area contributed by atoms with Crippen molar-refractivity contribution in [1.82, 2.24) is 24.9 Å². The van der Waals surface area contributed by atoms with Crippen molar-refractivity contribution < 1.29 is 14.1 Å². The average molecular weight is 429 g/mol. The summed E-state index contributed by atoms with van der Waals surface area (Å²) in [4.78, 5) is 19.2. The Bertz CT molecular complexity index is 1160. The van der Waals surface area contributed by atoms with Crippen LogP contribution in [0, 0.1) is 0 Å². The molecule has 3 heterocycles. The second-order valence-electron chi connectivity index (χ2n) is 7.50. The molecule has 0 bridgehead atoms. The van der Waals surface area contributed by atoms with Crippen molar-refractivity contribution in [1.29, 1.82) is 0 Å². The van der Waals surface area contributed by atoms with Crippen LogP contribution in [0.1, 0.15) is 11.9 Å². The first kappa shape index (κ1) is 20.0. The summed E-state index contributed by atoms with van der Waals surface area (Å²) in [5, 5.41) is 7.45. The second-order valence-corrected chi connectivity index (χ2v) is 7.50. The van der Waals surface area contributed by atoms with Crippen molar-refractivity contribution in [3.63, 3.8) is 0 Å². The minimum Gasteiger partial charge on any atom is -0.484 e. The van der Waals surface area contributed by atoms with Crippen LogP contribution in [-0.2, 0) is 4.79 Å². The molecule has 8 nitrogen and oxygen atoms in total. The van der Waals surface area contributed by atoms with Crippen molar-refractivity contribution in [3.8, 4) is 22.8 Å². The van der Waals surface area contributed by atoms with E-state index < -0.39 is 0 Å². The molecule has 0 radical (unpaired) electrons. The molecule has 0 aliphatic carbocycles. The van der Waals surface area contributed by atoms with Crippen LogP contribution in [0.25, 0.3) is 17.1 Å². The van der Waals surface area contributed by atoms with E-state index in [1.54, 1.807) is 4.90 Å². The van der Waals surface area contributed by atoms with E-state index in [2.05, 4.69) is 15.5 Å². The van der Waals surface area contributed by atoms with E-state index in [9.17, 15) is 4.79 Å². The lowest BCUT2D eigenvalue weighted by Gasteiger charge is -2.33. The number of ether oxygens (including phenoxy) is 1. The third-order valence-electron chi connectivity index (χ3n) is 5.42. The molecule has 0 saturated carbocycles. The number of hydrogen-bond donors (Lipinski definition) is 1. The van der Waals surface area contributed by atoms with E-state index >= 15 is 0 Å². The van der Waals surface area contributed by atoms with Gasteiger partial charge in [-0.3, -0.25) is 4.79 Å². The number of piperazine rings is 1. The third kappa shape index (κ3) is 4.26. The fraction of sp³-hybridized carbons (Fsp3) is 0.208. The maximum Gasteiger partial charge on any atom is 0.261 e. The Morgan fingerprint density at radius 2 is 1.84 bits per heavy atom. The van der Waals surface area contributed by atoms with Gasteiger partial charge in [-0.1, -0.05) is 23.4 Å². The first-order chi connectivity index (χ1) is 15.8. The predicted molar refractivity (Wildman–Crippen MR) is 118 cm³/mol. The fourth-order valence-electron chi connectivity index (χ4n) is 3.75. The Labute approximate surface area is 185 Å². The first-order valence-corrected chi connectivity index (χ1v) is 10.5. The standard InChI is InChI=1S/C24H23N5O3/c30-22(17-31-20-6-2-1-3-7-20)29-15-12-25-16-21(29)24-26-23(27-32-24)18-8-10-19(11-9-18)28-13-4-5-14-28/h1-11,13-14,21,25H,12,15-17H2. The molecule has 0 spiro atoms. The van der Waals surface area contributed by atoms with Gasteiger partial charge in [0.2, 0.25) is 5.82 Å². The summed E-state index contributed by atoms with van der Waals surface area (Å²) in [7, 11) is 0. The van der Waals surface area contributed by atoms with Gasteiger partial charge in [0.1, 0.15) is 11.8 Å². The number of rotatable bonds is 6. The molecule has 5 rings (SSSR count). The molecule has 162 valence electrons. The van der Waals surface area contributed by atoms with E-state index in [1.807, 2.05) is 83.7 Å². The monoisotopic (exact) mass is 429 g/mol. The summed E-state index contributed by atoms with van der Waals surface area (Å²) in [5.41, 5.74) is 1.90. The summed E-state index contributed by atoms with van der Waals surface area (Å²) in [5.74, 6) is 1.46. The number of hydrogen-bond acceptors (Lipinski definition) is 6. The van der Waals surface area contributed by atoms with Gasteiger partial charge in [-0.2, -0.15) is 4.98 Å². The van der Waals surface area contributed by atoms with Gasteiger partial charge >= 0.3 is 0 Å². The molecule has 1 fully saturated rings. The van der Waals surface area contributed by atoms with E-state index in [0.717, 1.165) is 11.3 Å². The minimum atomic E-state index is -0.337. The van der Waals surface area contributed by atoms with E-state index in [0.29, 0.717) is 37.1 Å². The van der Waals surface area contributed by atoms with Crippen molar-refractivity contribution in [3.05, 3.63) is 85.0 Å². The number of benzene rings is 2. The normalized spacial score (nSPS) is 16.1. The molecule has 2 aromatic heterocycles. The third-order valence-corrected chi connectivity index (χ3v) is 5.42. The molecule has 8 heteroatoms. The molecular formula is C24H23N5O3. The van der Waals surface area contributed by atoms with Gasteiger partial charge < -0.3 is 24.0 Å². The molecule has 32 heavy (non-hydrogen) atoms. The molecule has 1 N–H and O–H groups in total. The highest BCUT2D eigenvalue weighted by Crippen LogP contribution is 2.25. The van der Waals surface area contributed by atoms with Crippen LogP contribution >= 0.6 is 0 Å². The van der Waals surface area contributed by atoms with E-state index in [-0.39, 0.29) is 18.6 Å². The van der Waals surface area contributed by atoms with Crippen LogP contribution < -0.4 is 10.1 Å². The van der Waals surface area contributed by atoms with Crippen molar-refractivity contribution in [2.24, 2.45) is 0 Å². The van der Waals surface area contributed by atoms with E-state index in [1.165, 1.54) is 0 Å². The lowest BCUT2D eigenvalue weighted by molar-refractivity contribution is -0.137. The summed E-state index contributed by atoms with van der Waals surface area (Å²) in [6.07, 6.45) is 3.98. The number of nitrogens with one attached hydrogen (secondary N) is 1. The van der Waals surface area contributed by atoms with Gasteiger partial charge in [-0.15, -0.1) is 0 Å². The van der Waals surface area contributed by atoms with Crippen LogP contribution in [-0.4, -0.2) is 51.8 Å². The number of nitrogens with zero attached hydrogens (tertiary/aromatic N) is 4. The molecule has 1 aliphatic heterocycles. The molecule has 1 amide bonds. The molecule has 4 aromatic rings. The van der Waals surface area contributed by atoms with Gasteiger partial charge in [0.25, 0.3) is 11.8 Å². The maximum absolute atomic E-state index is 12.9. The molecule has 1 atom stereocenters. The molecule has 1 saturated heterocycles. The van der Waals surface area contributed by atoms with E-state index in [4.69, 9.17) is 9.26 Å². The maximum atomic E-state index is 12.9. The highest BCUT2D eigenvalue weighted by molar-refractivity contribution is 5.78. The summed E-state index contributed by atoms with van der Waals surface area (Å²) >= 11 is 0. The van der Waals surface area contributed by atoms with Gasteiger partial charge in [0.15, 0.2) is 6.61 Å². The Kier molecular flexibility index (Phi) is 5.67. The number of aromatic nitrogens is 3. The zero-order valence-electron chi connectivity index (χ0n) is 17.4. The van der Waals surface area contributed by atoms with Crippen molar-refractivity contribution in [2.75, 3.05) is 26.2 Å². The SMILES string of the molecule is O=C(COc1ccccc1)N1CCNCC1c1nc(-c2ccc(-n3cccc3)cc2)no1.